The fourth-order valence-electron chi connectivity index (χ4n) is 3.46. The van der Waals surface area contributed by atoms with Crippen molar-refractivity contribution in [1.82, 2.24) is 4.31 Å². The molecule has 0 saturated heterocycles. The van der Waals surface area contributed by atoms with E-state index < -0.39 is 15.9 Å². The molecule has 166 valence electrons. The van der Waals surface area contributed by atoms with Crippen molar-refractivity contribution in [2.24, 2.45) is 0 Å². The third-order valence-electron chi connectivity index (χ3n) is 5.25. The molecule has 1 aliphatic heterocycles. The van der Waals surface area contributed by atoms with Crippen LogP contribution < -0.4 is 10.6 Å². The van der Waals surface area contributed by atoms with E-state index in [9.17, 15) is 18.0 Å². The maximum Gasteiger partial charge on any atom is 0.255 e. The second-order valence-corrected chi connectivity index (χ2v) is 10.4. The summed E-state index contributed by atoms with van der Waals surface area (Å²) in [6.45, 7) is 2.54. The zero-order valence-electron chi connectivity index (χ0n) is 17.5. The normalized spacial score (nSPS) is 13.9. The lowest BCUT2D eigenvalue weighted by Gasteiger charge is -2.26. The summed E-state index contributed by atoms with van der Waals surface area (Å²) in [5.41, 5.74) is 2.47. The van der Waals surface area contributed by atoms with Crippen LogP contribution in [-0.2, 0) is 27.8 Å². The summed E-state index contributed by atoms with van der Waals surface area (Å²) < 4.78 is 27.8. The van der Waals surface area contributed by atoms with E-state index in [1.54, 1.807) is 54.7 Å². The van der Waals surface area contributed by atoms with Crippen LogP contribution in [0.1, 0.15) is 34.1 Å². The minimum Gasteiger partial charge on any atom is -0.326 e. The molecule has 0 saturated carbocycles. The van der Waals surface area contributed by atoms with Gasteiger partial charge < -0.3 is 10.6 Å². The molecule has 1 aromatic heterocycles. The minimum atomic E-state index is -3.71. The molecule has 1 aliphatic rings. The number of hydrogen-bond donors (Lipinski definition) is 2. The fourth-order valence-corrected chi connectivity index (χ4v) is 5.82. The highest BCUT2D eigenvalue weighted by atomic mass is 32.2. The summed E-state index contributed by atoms with van der Waals surface area (Å²) in [5.74, 6) is -0.505. The number of amides is 2. The molecule has 0 bridgehead atoms. The summed E-state index contributed by atoms with van der Waals surface area (Å²) in [5, 5.41) is 7.49. The number of nitrogens with one attached hydrogen (secondary N) is 2. The molecule has 0 unspecified atom stereocenters. The summed E-state index contributed by atoms with van der Waals surface area (Å²) in [6, 6.07) is 14.8. The van der Waals surface area contributed by atoms with Crippen LogP contribution in [0.2, 0.25) is 0 Å². The lowest BCUT2D eigenvalue weighted by atomic mass is 10.1. The van der Waals surface area contributed by atoms with Gasteiger partial charge in [-0.1, -0.05) is 13.0 Å². The Morgan fingerprint density at radius 3 is 2.47 bits per heavy atom. The summed E-state index contributed by atoms with van der Waals surface area (Å²) >= 11 is 1.65. The van der Waals surface area contributed by atoms with Crippen LogP contribution in [0.5, 0.6) is 0 Å². The van der Waals surface area contributed by atoms with Crippen LogP contribution in [0.4, 0.5) is 11.4 Å². The number of rotatable bonds is 6. The maximum absolute atomic E-state index is 13.2. The molecule has 4 rings (SSSR count). The highest BCUT2D eigenvalue weighted by Gasteiger charge is 2.29. The monoisotopic (exact) mass is 469 g/mol. The molecule has 2 N–H and O–H groups in total. The van der Waals surface area contributed by atoms with Gasteiger partial charge in [0.15, 0.2) is 0 Å². The summed E-state index contributed by atoms with van der Waals surface area (Å²) in [6.07, 6.45) is 1.07. The Balaban J connectivity index is 1.47. The van der Waals surface area contributed by atoms with Crippen molar-refractivity contribution in [3.05, 3.63) is 76.0 Å². The van der Waals surface area contributed by atoms with Gasteiger partial charge in [0.25, 0.3) is 5.91 Å². The van der Waals surface area contributed by atoms with Gasteiger partial charge in [-0.2, -0.15) is 4.31 Å². The number of fused-ring (bicyclic) bond motifs is 1. The van der Waals surface area contributed by atoms with Crippen LogP contribution >= 0.6 is 11.3 Å². The average molecular weight is 470 g/mol. The number of hydrogen-bond acceptors (Lipinski definition) is 5. The van der Waals surface area contributed by atoms with Crippen LogP contribution in [0.15, 0.2) is 64.9 Å². The van der Waals surface area contributed by atoms with Crippen molar-refractivity contribution in [2.75, 3.05) is 17.2 Å². The minimum absolute atomic E-state index is 0.0938. The van der Waals surface area contributed by atoms with Crippen molar-refractivity contribution in [3.8, 4) is 0 Å². The lowest BCUT2D eigenvalue weighted by molar-refractivity contribution is -0.115. The van der Waals surface area contributed by atoms with Gasteiger partial charge in [-0.25, -0.2) is 8.42 Å². The molecule has 0 radical (unpaired) electrons. The number of thiophene rings is 1. The predicted molar refractivity (Wildman–Crippen MR) is 125 cm³/mol. The van der Waals surface area contributed by atoms with E-state index >= 15 is 0 Å². The van der Waals surface area contributed by atoms with Gasteiger partial charge >= 0.3 is 0 Å². The van der Waals surface area contributed by atoms with Crippen molar-refractivity contribution in [1.29, 1.82) is 0 Å². The standard InChI is InChI=1S/C23H23N3O4S2/c1-2-22(27)24-18-6-8-19(9-7-18)25-23(28)16-4-3-5-20(14-16)32(29,30)26-12-10-21-17(15-26)11-13-31-21/h3-9,11,13-14H,2,10,12,15H2,1H3,(H,24,27)(H,25,28). The van der Waals surface area contributed by atoms with Crippen LogP contribution in [0.3, 0.4) is 0 Å². The first-order valence-corrected chi connectivity index (χ1v) is 12.6. The van der Waals surface area contributed by atoms with E-state index in [1.807, 2.05) is 11.4 Å². The third kappa shape index (κ3) is 4.74. The largest absolute Gasteiger partial charge is 0.326 e. The first kappa shape index (κ1) is 22.2. The molecule has 0 atom stereocenters. The topological polar surface area (TPSA) is 95.6 Å². The Kier molecular flexibility index (Phi) is 6.40. The Morgan fingerprint density at radius 2 is 1.75 bits per heavy atom. The molecule has 0 spiro atoms. The Hall–Kier alpha value is -3.01. The van der Waals surface area contributed by atoms with Gasteiger partial charge in [-0.3, -0.25) is 9.59 Å². The van der Waals surface area contributed by atoms with Gasteiger partial charge in [-0.15, -0.1) is 11.3 Å². The molecule has 3 aromatic rings. The molecule has 2 heterocycles. The summed E-state index contributed by atoms with van der Waals surface area (Å²) in [4.78, 5) is 25.5. The second-order valence-electron chi connectivity index (χ2n) is 7.42. The molecule has 32 heavy (non-hydrogen) atoms. The van der Waals surface area contributed by atoms with E-state index in [-0.39, 0.29) is 16.4 Å². The predicted octanol–water partition coefficient (Wildman–Crippen LogP) is 4.10. The van der Waals surface area contributed by atoms with Crippen molar-refractivity contribution >= 4 is 44.5 Å². The Bertz CT molecular complexity index is 1250. The molecule has 9 heteroatoms. The number of carbonyl (C=O) groups is 2. The van der Waals surface area contributed by atoms with E-state index in [0.717, 1.165) is 5.56 Å². The van der Waals surface area contributed by atoms with Gasteiger partial charge in [0.2, 0.25) is 15.9 Å². The molecular formula is C23H23N3O4S2. The first-order chi connectivity index (χ1) is 15.4. The van der Waals surface area contributed by atoms with Crippen molar-refractivity contribution in [2.45, 2.75) is 31.2 Å². The number of anilines is 2. The highest BCUT2D eigenvalue weighted by Crippen LogP contribution is 2.28. The number of carbonyl (C=O) groups excluding carboxylic acids is 2. The van der Waals surface area contributed by atoms with Crippen LogP contribution in [-0.4, -0.2) is 31.1 Å². The van der Waals surface area contributed by atoms with Crippen LogP contribution in [0, 0.1) is 0 Å². The van der Waals surface area contributed by atoms with Crippen molar-refractivity contribution < 1.29 is 18.0 Å². The number of nitrogens with zero attached hydrogens (tertiary/aromatic N) is 1. The molecule has 0 fully saturated rings. The smallest absolute Gasteiger partial charge is 0.255 e. The van der Waals surface area contributed by atoms with E-state index in [2.05, 4.69) is 10.6 Å². The Labute approximate surface area is 191 Å². The van der Waals surface area contributed by atoms with Gasteiger partial charge in [0.05, 0.1) is 4.90 Å². The van der Waals surface area contributed by atoms with E-state index in [1.165, 1.54) is 21.3 Å². The van der Waals surface area contributed by atoms with E-state index in [0.29, 0.717) is 37.3 Å². The van der Waals surface area contributed by atoms with Gasteiger partial charge in [-0.05, 0) is 65.9 Å². The highest BCUT2D eigenvalue weighted by molar-refractivity contribution is 7.89. The van der Waals surface area contributed by atoms with E-state index in [4.69, 9.17) is 0 Å². The van der Waals surface area contributed by atoms with Gasteiger partial charge in [0, 0.05) is 41.3 Å². The molecule has 0 aliphatic carbocycles. The lowest BCUT2D eigenvalue weighted by Crippen LogP contribution is -2.35. The zero-order valence-corrected chi connectivity index (χ0v) is 19.1. The number of sulfonamides is 1. The molecule has 2 amide bonds. The van der Waals surface area contributed by atoms with Gasteiger partial charge in [0.1, 0.15) is 0 Å². The maximum atomic E-state index is 13.2. The first-order valence-electron chi connectivity index (χ1n) is 10.2. The number of benzene rings is 2. The molecule has 2 aromatic carbocycles. The second kappa shape index (κ2) is 9.23. The van der Waals surface area contributed by atoms with Crippen LogP contribution in [0.25, 0.3) is 0 Å². The SMILES string of the molecule is CCC(=O)Nc1ccc(NC(=O)c2cccc(S(=O)(=O)N3CCc4sccc4C3)c2)cc1. The molecule has 7 nitrogen and oxygen atoms in total. The zero-order chi connectivity index (χ0) is 22.7. The average Bonchev–Trinajstić information content (AvgIpc) is 3.28. The third-order valence-corrected chi connectivity index (χ3v) is 8.12. The molecular weight excluding hydrogens is 446 g/mol. The Morgan fingerprint density at radius 1 is 1.03 bits per heavy atom. The van der Waals surface area contributed by atoms with Crippen molar-refractivity contribution in [3.63, 3.8) is 0 Å². The quantitative estimate of drug-likeness (QED) is 0.568. The fraction of sp³-hybridized carbons (Fsp3) is 0.217. The summed E-state index contributed by atoms with van der Waals surface area (Å²) in [7, 11) is -3.71.